The number of morpholine rings is 1. The molecule has 0 radical (unpaired) electrons. The molecule has 2 heterocycles. The predicted molar refractivity (Wildman–Crippen MR) is 89.3 cm³/mol. The molecule has 8 heteroatoms. The normalized spacial score (nSPS) is 17.1. The van der Waals surface area contributed by atoms with Crippen LogP contribution in [0.1, 0.15) is 17.2 Å². The van der Waals surface area contributed by atoms with Crippen molar-refractivity contribution in [1.29, 1.82) is 0 Å². The van der Waals surface area contributed by atoms with Gasteiger partial charge in [-0.1, -0.05) is 12.1 Å². The largest absolute Gasteiger partial charge is 0.419 e. The number of halogens is 4. The van der Waals surface area contributed by atoms with E-state index < -0.39 is 11.7 Å². The fourth-order valence-electron chi connectivity index (χ4n) is 3.00. The van der Waals surface area contributed by atoms with Crippen molar-refractivity contribution in [2.45, 2.75) is 12.2 Å². The highest BCUT2D eigenvalue weighted by Crippen LogP contribution is 2.34. The summed E-state index contributed by atoms with van der Waals surface area (Å²) in [6.45, 7) is 2.62. The van der Waals surface area contributed by atoms with Crippen LogP contribution in [0.25, 0.3) is 0 Å². The molecule has 26 heavy (non-hydrogen) atoms. The Hall–Kier alpha value is -2.19. The number of hydrogen-bond acceptors (Lipinski definition) is 4. The van der Waals surface area contributed by atoms with Gasteiger partial charge in [0, 0.05) is 25.8 Å². The highest BCUT2D eigenvalue weighted by Gasteiger charge is 2.34. The van der Waals surface area contributed by atoms with Crippen molar-refractivity contribution in [1.82, 2.24) is 9.88 Å². The predicted octanol–water partition coefficient (Wildman–Crippen LogP) is 3.72. The lowest BCUT2D eigenvalue weighted by Crippen LogP contribution is -2.41. The van der Waals surface area contributed by atoms with Crippen LogP contribution in [0.3, 0.4) is 0 Å². The first kappa shape index (κ1) is 18.6. The first-order valence-electron chi connectivity index (χ1n) is 8.28. The Bertz CT molecular complexity index is 715. The zero-order valence-electron chi connectivity index (χ0n) is 14.0. The maximum absolute atomic E-state index is 13.2. The number of aromatic nitrogens is 1. The topological polar surface area (TPSA) is 37.4 Å². The molecule has 0 spiro atoms. The summed E-state index contributed by atoms with van der Waals surface area (Å²) in [4.78, 5) is 5.95. The number of nitrogens with zero attached hydrogens (tertiary/aromatic N) is 2. The number of anilines is 1. The highest BCUT2D eigenvalue weighted by atomic mass is 19.4. The molecule has 1 unspecified atom stereocenters. The van der Waals surface area contributed by atoms with E-state index in [2.05, 4.69) is 15.2 Å². The number of pyridine rings is 1. The standard InChI is InChI=1S/C18H19F4N3O/c19-14-5-3-13(4-6-14)16(25-8-10-26-11-9-25)12-24-17-15(18(20,21)22)2-1-7-23-17/h1-7,16H,8-12H2,(H,23,24). The van der Waals surface area contributed by atoms with Crippen molar-refractivity contribution < 1.29 is 22.3 Å². The molecule has 1 aliphatic heterocycles. The Morgan fingerprint density at radius 1 is 1.12 bits per heavy atom. The van der Waals surface area contributed by atoms with Gasteiger partial charge < -0.3 is 10.1 Å². The minimum atomic E-state index is -4.49. The van der Waals surface area contributed by atoms with Crippen molar-refractivity contribution in [3.63, 3.8) is 0 Å². The van der Waals surface area contributed by atoms with Gasteiger partial charge >= 0.3 is 6.18 Å². The van der Waals surface area contributed by atoms with E-state index in [-0.39, 0.29) is 24.2 Å². The van der Waals surface area contributed by atoms with Gasteiger partial charge in [-0.2, -0.15) is 13.2 Å². The van der Waals surface area contributed by atoms with Gasteiger partial charge in [0.1, 0.15) is 11.6 Å². The molecule has 0 aliphatic carbocycles. The fourth-order valence-corrected chi connectivity index (χ4v) is 3.00. The van der Waals surface area contributed by atoms with Crippen LogP contribution in [0.15, 0.2) is 42.6 Å². The maximum atomic E-state index is 13.2. The van der Waals surface area contributed by atoms with Crippen LogP contribution in [0, 0.1) is 5.82 Å². The molecule has 3 rings (SSSR count). The molecule has 1 fully saturated rings. The Morgan fingerprint density at radius 3 is 2.46 bits per heavy atom. The highest BCUT2D eigenvalue weighted by molar-refractivity contribution is 5.46. The lowest BCUT2D eigenvalue weighted by atomic mass is 10.0. The summed E-state index contributed by atoms with van der Waals surface area (Å²) < 4.78 is 58.0. The molecule has 0 saturated carbocycles. The molecule has 1 aromatic carbocycles. The van der Waals surface area contributed by atoms with Gasteiger partial charge in [0.05, 0.1) is 24.8 Å². The van der Waals surface area contributed by atoms with E-state index in [1.54, 1.807) is 12.1 Å². The van der Waals surface area contributed by atoms with Crippen LogP contribution < -0.4 is 5.32 Å². The molecule has 2 aromatic rings. The van der Waals surface area contributed by atoms with Crippen LogP contribution in [0.2, 0.25) is 0 Å². The molecular weight excluding hydrogens is 350 g/mol. The van der Waals surface area contributed by atoms with Crippen LogP contribution in [0.5, 0.6) is 0 Å². The Morgan fingerprint density at radius 2 is 1.81 bits per heavy atom. The van der Waals surface area contributed by atoms with Crippen LogP contribution in [-0.2, 0) is 10.9 Å². The summed E-state index contributed by atoms with van der Waals surface area (Å²) in [5, 5.41) is 2.82. The van der Waals surface area contributed by atoms with Gasteiger partial charge in [-0.15, -0.1) is 0 Å². The van der Waals surface area contributed by atoms with Gasteiger partial charge in [-0.3, -0.25) is 4.90 Å². The zero-order valence-corrected chi connectivity index (χ0v) is 14.0. The summed E-state index contributed by atoms with van der Waals surface area (Å²) in [7, 11) is 0. The molecule has 0 amide bonds. The van der Waals surface area contributed by atoms with E-state index in [0.717, 1.165) is 11.6 Å². The number of ether oxygens (including phenoxy) is 1. The molecule has 1 aromatic heterocycles. The summed E-state index contributed by atoms with van der Waals surface area (Å²) >= 11 is 0. The number of rotatable bonds is 5. The summed E-state index contributed by atoms with van der Waals surface area (Å²) in [5.74, 6) is -0.563. The quantitative estimate of drug-likeness (QED) is 0.815. The fraction of sp³-hybridized carbons (Fsp3) is 0.389. The van der Waals surface area contributed by atoms with E-state index in [1.807, 2.05) is 0 Å². The van der Waals surface area contributed by atoms with Crippen molar-refractivity contribution in [2.75, 3.05) is 38.2 Å². The Kier molecular flexibility index (Phi) is 5.73. The molecule has 1 N–H and O–H groups in total. The molecule has 0 bridgehead atoms. The molecule has 1 saturated heterocycles. The third-order valence-electron chi connectivity index (χ3n) is 4.32. The average molecular weight is 369 g/mol. The summed E-state index contributed by atoms with van der Waals surface area (Å²) in [6.07, 6.45) is -3.17. The first-order chi connectivity index (χ1) is 12.4. The Labute approximate surface area is 148 Å². The van der Waals surface area contributed by atoms with E-state index in [9.17, 15) is 17.6 Å². The molecule has 1 aliphatic rings. The van der Waals surface area contributed by atoms with Crippen LogP contribution >= 0.6 is 0 Å². The second-order valence-electron chi connectivity index (χ2n) is 5.99. The lowest BCUT2D eigenvalue weighted by molar-refractivity contribution is -0.137. The number of nitrogens with one attached hydrogen (secondary N) is 1. The smallest absolute Gasteiger partial charge is 0.379 e. The Balaban J connectivity index is 1.81. The number of benzene rings is 1. The maximum Gasteiger partial charge on any atom is 0.419 e. The molecule has 4 nitrogen and oxygen atoms in total. The minimum Gasteiger partial charge on any atom is -0.379 e. The average Bonchev–Trinajstić information content (AvgIpc) is 2.64. The van der Waals surface area contributed by atoms with E-state index in [4.69, 9.17) is 4.74 Å². The second kappa shape index (κ2) is 8.01. The third kappa shape index (κ3) is 4.50. The van der Waals surface area contributed by atoms with Crippen molar-refractivity contribution in [2.24, 2.45) is 0 Å². The third-order valence-corrected chi connectivity index (χ3v) is 4.32. The van der Waals surface area contributed by atoms with E-state index in [0.29, 0.717) is 26.3 Å². The summed E-state index contributed by atoms with van der Waals surface area (Å²) in [6, 6.07) is 8.04. The monoisotopic (exact) mass is 369 g/mol. The van der Waals surface area contributed by atoms with Crippen LogP contribution in [0.4, 0.5) is 23.4 Å². The van der Waals surface area contributed by atoms with Gasteiger partial charge in [0.2, 0.25) is 0 Å². The van der Waals surface area contributed by atoms with Gasteiger partial charge in [0.25, 0.3) is 0 Å². The summed E-state index contributed by atoms with van der Waals surface area (Å²) in [5.41, 5.74) is 0.0186. The number of hydrogen-bond donors (Lipinski definition) is 1. The van der Waals surface area contributed by atoms with Crippen molar-refractivity contribution in [3.8, 4) is 0 Å². The van der Waals surface area contributed by atoms with Gasteiger partial charge in [0.15, 0.2) is 0 Å². The van der Waals surface area contributed by atoms with Crippen molar-refractivity contribution in [3.05, 3.63) is 59.5 Å². The number of alkyl halides is 3. The second-order valence-corrected chi connectivity index (χ2v) is 5.99. The molecular formula is C18H19F4N3O. The van der Waals surface area contributed by atoms with Gasteiger partial charge in [-0.25, -0.2) is 9.37 Å². The minimum absolute atomic E-state index is 0.208. The van der Waals surface area contributed by atoms with Crippen molar-refractivity contribution >= 4 is 5.82 Å². The SMILES string of the molecule is Fc1ccc(C(CNc2ncccc2C(F)(F)F)N2CCOCC2)cc1. The zero-order chi connectivity index (χ0) is 18.6. The molecule has 1 atom stereocenters. The van der Waals surface area contributed by atoms with Gasteiger partial charge in [-0.05, 0) is 29.8 Å². The van der Waals surface area contributed by atoms with E-state index in [1.165, 1.54) is 24.4 Å². The van der Waals surface area contributed by atoms with E-state index >= 15 is 0 Å². The lowest BCUT2D eigenvalue weighted by Gasteiger charge is -2.35. The molecule has 140 valence electrons. The first-order valence-corrected chi connectivity index (χ1v) is 8.28. The van der Waals surface area contributed by atoms with Crippen LogP contribution in [-0.4, -0.2) is 42.7 Å².